The van der Waals surface area contributed by atoms with E-state index in [1.165, 1.54) is 19.3 Å². The van der Waals surface area contributed by atoms with Crippen molar-refractivity contribution in [3.8, 4) is 0 Å². The summed E-state index contributed by atoms with van der Waals surface area (Å²) >= 11 is 0. The molecule has 4 rings (SSSR count). The van der Waals surface area contributed by atoms with Gasteiger partial charge in [0.05, 0.1) is 0 Å². The van der Waals surface area contributed by atoms with Crippen molar-refractivity contribution in [3.63, 3.8) is 0 Å². The van der Waals surface area contributed by atoms with Crippen LogP contribution in [0, 0.1) is 18.6 Å². The van der Waals surface area contributed by atoms with Gasteiger partial charge in [0.2, 0.25) is 11.8 Å². The number of aryl methyl sites for hydroxylation is 1. The molecule has 33 heavy (non-hydrogen) atoms. The van der Waals surface area contributed by atoms with E-state index in [0.717, 1.165) is 23.6 Å². The number of nitrogens with zero attached hydrogens (tertiary/aromatic N) is 5. The number of benzene rings is 1. The number of rotatable bonds is 6. The normalized spacial score (nSPS) is 15.5. The van der Waals surface area contributed by atoms with Crippen LogP contribution in [0.5, 0.6) is 0 Å². The third-order valence-corrected chi connectivity index (χ3v) is 5.64. The number of piperidine rings is 1. The van der Waals surface area contributed by atoms with Crippen molar-refractivity contribution in [2.45, 2.75) is 45.2 Å². The Bertz CT molecular complexity index is 1170. The van der Waals surface area contributed by atoms with Gasteiger partial charge in [0.1, 0.15) is 18.2 Å². The van der Waals surface area contributed by atoms with E-state index in [9.17, 15) is 18.4 Å². The van der Waals surface area contributed by atoms with Crippen LogP contribution in [0.25, 0.3) is 5.78 Å². The van der Waals surface area contributed by atoms with Gasteiger partial charge in [-0.25, -0.2) is 13.8 Å². The Kier molecular flexibility index (Phi) is 6.47. The summed E-state index contributed by atoms with van der Waals surface area (Å²) in [6.45, 7) is 4.60. The Balaban J connectivity index is 1.39. The second kappa shape index (κ2) is 9.47. The summed E-state index contributed by atoms with van der Waals surface area (Å²) in [5.41, 5.74) is 1.26. The maximum absolute atomic E-state index is 13.6. The summed E-state index contributed by atoms with van der Waals surface area (Å²) < 4.78 is 28.5. The molecule has 0 unspecified atom stereocenters. The van der Waals surface area contributed by atoms with Gasteiger partial charge in [-0.15, -0.1) is 0 Å². The summed E-state index contributed by atoms with van der Waals surface area (Å²) in [7, 11) is 0. The summed E-state index contributed by atoms with van der Waals surface area (Å²) in [4.78, 5) is 35.2. The SMILES string of the molecule is CC(=O)N[C@H](Cc1ccc(F)c(F)c1)C(=O)NC1CCN(c2cc(C)nc3ncnn23)CC1. The minimum atomic E-state index is -0.991. The van der Waals surface area contributed by atoms with Gasteiger partial charge in [-0.3, -0.25) is 9.59 Å². The molecule has 2 amide bonds. The molecule has 11 heteroatoms. The summed E-state index contributed by atoms with van der Waals surface area (Å²) in [5.74, 6) is -1.25. The lowest BCUT2D eigenvalue weighted by atomic mass is 10.0. The number of hydrogen-bond donors (Lipinski definition) is 2. The average Bonchev–Trinajstić information content (AvgIpc) is 3.24. The predicted molar refractivity (Wildman–Crippen MR) is 117 cm³/mol. The highest BCUT2D eigenvalue weighted by Crippen LogP contribution is 2.21. The van der Waals surface area contributed by atoms with E-state index in [4.69, 9.17) is 0 Å². The molecule has 1 aromatic carbocycles. The fourth-order valence-electron chi connectivity index (χ4n) is 4.05. The zero-order chi connectivity index (χ0) is 23.5. The lowest BCUT2D eigenvalue weighted by Crippen LogP contribution is -2.52. The van der Waals surface area contributed by atoms with Gasteiger partial charge in [-0.05, 0) is 37.5 Å². The standard InChI is InChI=1S/C22H25F2N7O2/c1-13-9-20(31-22(27-13)25-12-26-31)30-7-5-16(6-8-30)29-21(33)19(28-14(2)32)11-15-3-4-17(23)18(24)10-15/h3-4,9-10,12,16,19H,5-8,11H2,1-2H3,(H,28,32)(H,29,33)/t19-/m1/s1. The van der Waals surface area contributed by atoms with Gasteiger partial charge in [-0.1, -0.05) is 6.07 Å². The van der Waals surface area contributed by atoms with Gasteiger partial charge in [0, 0.05) is 44.2 Å². The smallest absolute Gasteiger partial charge is 0.254 e. The molecular formula is C22H25F2N7O2. The Morgan fingerprint density at radius 2 is 1.94 bits per heavy atom. The van der Waals surface area contributed by atoms with Crippen LogP contribution in [0.4, 0.5) is 14.6 Å². The van der Waals surface area contributed by atoms with Crippen molar-refractivity contribution < 1.29 is 18.4 Å². The molecule has 2 aromatic heterocycles. The Labute approximate surface area is 189 Å². The van der Waals surface area contributed by atoms with Gasteiger partial charge in [-0.2, -0.15) is 14.6 Å². The maximum Gasteiger partial charge on any atom is 0.254 e. The Morgan fingerprint density at radius 1 is 1.18 bits per heavy atom. The van der Waals surface area contributed by atoms with Crippen LogP contribution >= 0.6 is 0 Å². The molecule has 0 radical (unpaired) electrons. The second-order valence-electron chi connectivity index (χ2n) is 8.20. The molecule has 1 saturated heterocycles. The molecule has 3 heterocycles. The van der Waals surface area contributed by atoms with E-state index >= 15 is 0 Å². The van der Waals surface area contributed by atoms with E-state index in [1.807, 2.05) is 13.0 Å². The molecule has 174 valence electrons. The van der Waals surface area contributed by atoms with Gasteiger partial charge in [0.15, 0.2) is 11.6 Å². The lowest BCUT2D eigenvalue weighted by Gasteiger charge is -2.34. The van der Waals surface area contributed by atoms with E-state index in [-0.39, 0.29) is 24.3 Å². The molecule has 0 bridgehead atoms. The first kappa shape index (κ1) is 22.6. The molecule has 0 saturated carbocycles. The third-order valence-electron chi connectivity index (χ3n) is 5.64. The molecule has 1 aliphatic rings. The van der Waals surface area contributed by atoms with Crippen molar-refractivity contribution in [3.05, 3.63) is 53.5 Å². The Morgan fingerprint density at radius 3 is 2.64 bits per heavy atom. The van der Waals surface area contributed by atoms with Crippen molar-refractivity contribution in [1.82, 2.24) is 30.2 Å². The second-order valence-corrected chi connectivity index (χ2v) is 8.20. The zero-order valence-corrected chi connectivity index (χ0v) is 18.4. The first-order valence-electron chi connectivity index (χ1n) is 10.7. The topological polar surface area (TPSA) is 105 Å². The highest BCUT2D eigenvalue weighted by molar-refractivity contribution is 5.87. The molecular weight excluding hydrogens is 432 g/mol. The fourth-order valence-corrected chi connectivity index (χ4v) is 4.05. The van der Waals surface area contributed by atoms with Crippen LogP contribution in [-0.4, -0.2) is 56.6 Å². The number of fused-ring (bicyclic) bond motifs is 1. The summed E-state index contributed by atoms with van der Waals surface area (Å²) in [6.07, 6.45) is 2.91. The number of amides is 2. The minimum Gasteiger partial charge on any atom is -0.356 e. The molecule has 0 spiro atoms. The first-order valence-corrected chi connectivity index (χ1v) is 10.7. The number of carbonyl (C=O) groups is 2. The molecule has 9 nitrogen and oxygen atoms in total. The van der Waals surface area contributed by atoms with E-state index in [1.54, 1.807) is 4.52 Å². The molecule has 3 aromatic rings. The number of carbonyl (C=O) groups excluding carboxylic acids is 2. The van der Waals surface area contributed by atoms with Crippen molar-refractivity contribution in [2.24, 2.45) is 0 Å². The van der Waals surface area contributed by atoms with Crippen molar-refractivity contribution in [2.75, 3.05) is 18.0 Å². The van der Waals surface area contributed by atoms with Gasteiger partial charge >= 0.3 is 0 Å². The van der Waals surface area contributed by atoms with Crippen LogP contribution in [0.3, 0.4) is 0 Å². The predicted octanol–water partition coefficient (Wildman–Crippen LogP) is 1.54. The van der Waals surface area contributed by atoms with Crippen molar-refractivity contribution >= 4 is 23.4 Å². The van der Waals surface area contributed by atoms with Crippen LogP contribution in [-0.2, 0) is 16.0 Å². The quantitative estimate of drug-likeness (QED) is 0.582. The number of anilines is 1. The largest absolute Gasteiger partial charge is 0.356 e. The summed E-state index contributed by atoms with van der Waals surface area (Å²) in [6, 6.07) is 4.44. The molecule has 1 atom stereocenters. The van der Waals surface area contributed by atoms with Gasteiger partial charge in [0.25, 0.3) is 5.78 Å². The third kappa shape index (κ3) is 5.24. The van der Waals surface area contributed by atoms with E-state index in [0.29, 0.717) is 37.3 Å². The number of halogens is 2. The zero-order valence-electron chi connectivity index (χ0n) is 18.4. The van der Waals surface area contributed by atoms with Crippen LogP contribution in [0.1, 0.15) is 31.0 Å². The highest BCUT2D eigenvalue weighted by Gasteiger charge is 2.27. The lowest BCUT2D eigenvalue weighted by molar-refractivity contribution is -0.128. The van der Waals surface area contributed by atoms with Crippen LogP contribution < -0.4 is 15.5 Å². The van der Waals surface area contributed by atoms with E-state index in [2.05, 4.69) is 30.6 Å². The van der Waals surface area contributed by atoms with Crippen molar-refractivity contribution in [1.29, 1.82) is 0 Å². The minimum absolute atomic E-state index is 0.0576. The maximum atomic E-state index is 13.6. The molecule has 1 fully saturated rings. The van der Waals surface area contributed by atoms with Crippen LogP contribution in [0.15, 0.2) is 30.6 Å². The molecule has 2 N–H and O–H groups in total. The number of nitrogens with one attached hydrogen (secondary N) is 2. The van der Waals surface area contributed by atoms with Gasteiger partial charge < -0.3 is 15.5 Å². The molecule has 1 aliphatic heterocycles. The Hall–Kier alpha value is -3.63. The first-order chi connectivity index (χ1) is 15.8. The highest BCUT2D eigenvalue weighted by atomic mass is 19.2. The fraction of sp³-hybridized carbons (Fsp3) is 0.409. The summed E-state index contributed by atoms with van der Waals surface area (Å²) in [5, 5.41) is 9.84. The molecule has 0 aliphatic carbocycles. The van der Waals surface area contributed by atoms with Crippen LogP contribution in [0.2, 0.25) is 0 Å². The average molecular weight is 457 g/mol. The number of aromatic nitrogens is 4. The number of hydrogen-bond acceptors (Lipinski definition) is 6. The monoisotopic (exact) mass is 457 g/mol. The van der Waals surface area contributed by atoms with E-state index < -0.39 is 17.7 Å².